The second-order valence-corrected chi connectivity index (χ2v) is 14.4. The summed E-state index contributed by atoms with van der Waals surface area (Å²) < 4.78 is 49.0. The number of ether oxygens (including phenoxy) is 1. The number of carbonyl (C=O) groups excluding carboxylic acids is 1. The van der Waals surface area contributed by atoms with Gasteiger partial charge < -0.3 is 9.30 Å². The van der Waals surface area contributed by atoms with Crippen LogP contribution in [0.2, 0.25) is 0 Å². The van der Waals surface area contributed by atoms with E-state index < -0.39 is 21.4 Å². The Labute approximate surface area is 233 Å². The number of ketones is 1. The summed E-state index contributed by atoms with van der Waals surface area (Å²) in [4.78, 5) is 26.5. The molecular formula is C29H35FN2O5S2. The van der Waals surface area contributed by atoms with Gasteiger partial charge in [-0.25, -0.2) is 12.8 Å². The van der Waals surface area contributed by atoms with Crippen molar-refractivity contribution < 1.29 is 22.3 Å². The number of benzene rings is 2. The van der Waals surface area contributed by atoms with Crippen LogP contribution in [0.1, 0.15) is 67.7 Å². The molecule has 0 radical (unpaired) electrons. The summed E-state index contributed by atoms with van der Waals surface area (Å²) in [6.45, 7) is 9.67. The molecule has 1 heterocycles. The third kappa shape index (κ3) is 7.58. The van der Waals surface area contributed by atoms with E-state index in [4.69, 9.17) is 4.74 Å². The van der Waals surface area contributed by atoms with E-state index in [0.29, 0.717) is 22.3 Å². The monoisotopic (exact) mass is 574 g/mol. The Morgan fingerprint density at radius 2 is 1.77 bits per heavy atom. The normalized spacial score (nSPS) is 12.8. The Morgan fingerprint density at radius 3 is 2.33 bits per heavy atom. The van der Waals surface area contributed by atoms with Crippen molar-refractivity contribution in [1.82, 2.24) is 9.29 Å². The predicted molar refractivity (Wildman–Crippen MR) is 156 cm³/mol. The van der Waals surface area contributed by atoms with Crippen molar-refractivity contribution in [2.24, 2.45) is 7.05 Å². The molecule has 0 bridgehead atoms. The van der Waals surface area contributed by atoms with Gasteiger partial charge in [-0.05, 0) is 75.2 Å². The third-order valence-electron chi connectivity index (χ3n) is 6.15. The molecule has 3 rings (SSSR count). The molecule has 0 amide bonds. The van der Waals surface area contributed by atoms with Gasteiger partial charge >= 0.3 is 0 Å². The first-order valence-corrected chi connectivity index (χ1v) is 15.2. The quantitative estimate of drug-likeness (QED) is 0.254. The van der Waals surface area contributed by atoms with Crippen LogP contribution in [0.4, 0.5) is 4.39 Å². The second kappa shape index (κ2) is 12.1. The van der Waals surface area contributed by atoms with Gasteiger partial charge in [0.05, 0.1) is 12.9 Å². The fraction of sp³-hybridized carbons (Fsp3) is 0.379. The van der Waals surface area contributed by atoms with E-state index in [1.54, 1.807) is 26.2 Å². The van der Waals surface area contributed by atoms with Crippen molar-refractivity contribution in [3.8, 4) is 16.9 Å². The highest BCUT2D eigenvalue weighted by atomic mass is 32.2. The van der Waals surface area contributed by atoms with Crippen LogP contribution in [0.3, 0.4) is 0 Å². The third-order valence-corrected chi connectivity index (χ3v) is 8.86. The minimum Gasteiger partial charge on any atom is -0.496 e. The summed E-state index contributed by atoms with van der Waals surface area (Å²) in [7, 11) is -0.409. The lowest BCUT2D eigenvalue weighted by Crippen LogP contribution is -2.24. The zero-order valence-corrected chi connectivity index (χ0v) is 24.9. The Hall–Kier alpha value is -2.95. The summed E-state index contributed by atoms with van der Waals surface area (Å²) in [6, 6.07) is 9.62. The number of rotatable bonds is 10. The van der Waals surface area contributed by atoms with Crippen LogP contribution in [0.15, 0.2) is 53.5 Å². The first-order chi connectivity index (χ1) is 18.2. The van der Waals surface area contributed by atoms with Gasteiger partial charge in [0.25, 0.3) is 5.56 Å². The van der Waals surface area contributed by atoms with E-state index >= 15 is 0 Å². The highest BCUT2D eigenvalue weighted by Crippen LogP contribution is 2.37. The van der Waals surface area contributed by atoms with Crippen molar-refractivity contribution in [2.45, 2.75) is 51.2 Å². The van der Waals surface area contributed by atoms with Crippen LogP contribution in [0, 0.1) is 5.82 Å². The van der Waals surface area contributed by atoms with Gasteiger partial charge in [0.2, 0.25) is 0 Å². The van der Waals surface area contributed by atoms with Crippen LogP contribution in [0.25, 0.3) is 11.1 Å². The largest absolute Gasteiger partial charge is 0.496 e. The van der Waals surface area contributed by atoms with Crippen molar-refractivity contribution in [1.29, 1.82) is 0 Å². The Balaban J connectivity index is 2.33. The molecule has 210 valence electrons. The van der Waals surface area contributed by atoms with Gasteiger partial charge in [0.15, 0.2) is 15.6 Å². The fourth-order valence-corrected chi connectivity index (χ4v) is 5.55. The van der Waals surface area contributed by atoms with Crippen molar-refractivity contribution in [2.75, 3.05) is 12.9 Å². The lowest BCUT2D eigenvalue weighted by atomic mass is 9.89. The predicted octanol–water partition coefficient (Wildman–Crippen LogP) is 5.46. The first-order valence-electron chi connectivity index (χ1n) is 12.5. The van der Waals surface area contributed by atoms with Gasteiger partial charge in [-0.1, -0.05) is 18.9 Å². The maximum absolute atomic E-state index is 13.8. The van der Waals surface area contributed by atoms with Gasteiger partial charge in [-0.15, -0.1) is 0 Å². The van der Waals surface area contributed by atoms with E-state index in [-0.39, 0.29) is 44.7 Å². The van der Waals surface area contributed by atoms with E-state index in [9.17, 15) is 22.4 Å². The van der Waals surface area contributed by atoms with E-state index in [1.807, 2.05) is 6.92 Å². The minimum atomic E-state index is -3.44. The number of nitrogens with zero attached hydrogens (tertiary/aromatic N) is 1. The maximum Gasteiger partial charge on any atom is 0.250 e. The zero-order chi connectivity index (χ0) is 29.1. The standard InChI is InChI=1S/C29H35FN2O5S2/c1-8-39(35,36)17-20-13-23(24(14-26(20)37-7)28(34)19-9-11-21(30)12-10-19)25-16-32(6)27(33)15-22(25)18(2)31-38-29(3,4)5/h9-16,18,31H,8,17H2,1-7H3/t18-/m0/s1. The zero-order valence-electron chi connectivity index (χ0n) is 23.3. The van der Waals surface area contributed by atoms with Crippen LogP contribution in [-0.4, -0.2) is 36.4 Å². The first kappa shape index (κ1) is 30.6. The van der Waals surface area contributed by atoms with E-state index in [0.717, 1.165) is 0 Å². The summed E-state index contributed by atoms with van der Waals surface area (Å²) in [6.07, 6.45) is 1.65. The Bertz CT molecular complexity index is 1520. The fourth-order valence-electron chi connectivity index (χ4n) is 3.99. The number of carbonyl (C=O) groups is 1. The molecular weight excluding hydrogens is 539 g/mol. The molecule has 2 aromatic carbocycles. The molecule has 10 heteroatoms. The Morgan fingerprint density at radius 1 is 1.13 bits per heavy atom. The number of sulfone groups is 1. The molecule has 39 heavy (non-hydrogen) atoms. The number of pyridine rings is 1. The lowest BCUT2D eigenvalue weighted by molar-refractivity contribution is 0.103. The van der Waals surface area contributed by atoms with Gasteiger partial charge in [0, 0.05) is 58.1 Å². The summed E-state index contributed by atoms with van der Waals surface area (Å²) >= 11 is 1.52. The molecule has 3 aromatic rings. The summed E-state index contributed by atoms with van der Waals surface area (Å²) in [5.41, 5.74) is 2.37. The topological polar surface area (TPSA) is 94.5 Å². The number of nitrogens with one attached hydrogen (secondary N) is 1. The smallest absolute Gasteiger partial charge is 0.250 e. The molecule has 1 N–H and O–H groups in total. The molecule has 0 saturated heterocycles. The van der Waals surface area contributed by atoms with E-state index in [1.165, 1.54) is 60.0 Å². The molecule has 0 aliphatic rings. The van der Waals surface area contributed by atoms with E-state index in [2.05, 4.69) is 25.5 Å². The summed E-state index contributed by atoms with van der Waals surface area (Å²) in [5, 5.41) is 0. The SMILES string of the molecule is CCS(=O)(=O)Cc1cc(-c2cn(C)c(=O)cc2[C@H](C)NSC(C)(C)C)c(C(=O)c2ccc(F)cc2)cc1OC. The number of aryl methyl sites for hydroxylation is 1. The highest BCUT2D eigenvalue weighted by molar-refractivity contribution is 7.98. The second-order valence-electron chi connectivity index (χ2n) is 10.4. The number of methoxy groups -OCH3 is 1. The molecule has 0 aliphatic heterocycles. The summed E-state index contributed by atoms with van der Waals surface area (Å²) in [5.74, 6) is -0.946. The van der Waals surface area contributed by atoms with Gasteiger partial charge in [-0.2, -0.15) is 0 Å². The number of halogens is 1. The van der Waals surface area contributed by atoms with Crippen molar-refractivity contribution >= 4 is 27.6 Å². The number of hydrogen-bond donors (Lipinski definition) is 1. The van der Waals surface area contributed by atoms with Crippen LogP contribution >= 0.6 is 11.9 Å². The molecule has 7 nitrogen and oxygen atoms in total. The van der Waals surface area contributed by atoms with Crippen molar-refractivity contribution in [3.63, 3.8) is 0 Å². The van der Waals surface area contributed by atoms with Gasteiger partial charge in [0.1, 0.15) is 11.6 Å². The molecule has 1 aromatic heterocycles. The average Bonchev–Trinajstić information content (AvgIpc) is 2.87. The van der Waals surface area contributed by atoms with Gasteiger partial charge in [-0.3, -0.25) is 14.3 Å². The van der Waals surface area contributed by atoms with Crippen LogP contribution in [0.5, 0.6) is 5.75 Å². The molecule has 0 fully saturated rings. The maximum atomic E-state index is 13.8. The Kier molecular flexibility index (Phi) is 9.46. The highest BCUT2D eigenvalue weighted by Gasteiger charge is 2.25. The molecule has 0 unspecified atom stereocenters. The number of hydrogen-bond acceptors (Lipinski definition) is 7. The van der Waals surface area contributed by atoms with Crippen LogP contribution in [-0.2, 0) is 22.6 Å². The molecule has 0 saturated carbocycles. The number of aromatic nitrogens is 1. The molecule has 0 spiro atoms. The lowest BCUT2D eigenvalue weighted by Gasteiger charge is -2.24. The minimum absolute atomic E-state index is 0.0577. The average molecular weight is 575 g/mol. The molecule has 0 aliphatic carbocycles. The van der Waals surface area contributed by atoms with Crippen molar-refractivity contribution in [3.05, 3.63) is 87.1 Å². The molecule has 1 atom stereocenters. The van der Waals surface area contributed by atoms with Crippen LogP contribution < -0.4 is 15.0 Å².